The molecule has 0 spiro atoms. The molecule has 2 heterocycles. The Morgan fingerprint density at radius 3 is 3.11 bits per heavy atom. The molecule has 18 heavy (non-hydrogen) atoms. The Labute approximate surface area is 107 Å². The van der Waals surface area contributed by atoms with E-state index in [0.29, 0.717) is 10.0 Å². The number of imidazole rings is 1. The van der Waals surface area contributed by atoms with E-state index in [1.165, 1.54) is 11.3 Å². The van der Waals surface area contributed by atoms with Crippen LogP contribution >= 0.6 is 11.3 Å². The van der Waals surface area contributed by atoms with Gasteiger partial charge < -0.3 is 10.3 Å². The van der Waals surface area contributed by atoms with E-state index < -0.39 is 0 Å². The predicted molar refractivity (Wildman–Crippen MR) is 70.9 cm³/mol. The van der Waals surface area contributed by atoms with Gasteiger partial charge in [-0.25, -0.2) is 9.97 Å². The van der Waals surface area contributed by atoms with Crippen LogP contribution in [0.3, 0.4) is 0 Å². The Morgan fingerprint density at radius 1 is 1.44 bits per heavy atom. The Kier molecular flexibility index (Phi) is 2.46. The highest BCUT2D eigenvalue weighted by Crippen LogP contribution is 2.24. The van der Waals surface area contributed by atoms with E-state index in [1.807, 2.05) is 25.1 Å². The molecule has 0 aliphatic rings. The van der Waals surface area contributed by atoms with Crippen LogP contribution in [0.5, 0.6) is 0 Å². The number of fused-ring (bicyclic) bond motifs is 1. The summed E-state index contributed by atoms with van der Waals surface area (Å²) in [4.78, 5) is 12.2. The molecule has 5 nitrogen and oxygen atoms in total. The summed E-state index contributed by atoms with van der Waals surface area (Å²) in [6.07, 6.45) is 1.56. The zero-order valence-electron chi connectivity index (χ0n) is 9.56. The van der Waals surface area contributed by atoms with Crippen molar-refractivity contribution in [3.63, 3.8) is 0 Å². The number of nitrogens with zero attached hydrogens (tertiary/aromatic N) is 3. The predicted octanol–water partition coefficient (Wildman–Crippen LogP) is 2.94. The molecule has 0 radical (unpaired) electrons. The van der Waals surface area contributed by atoms with Gasteiger partial charge in [-0.2, -0.15) is 5.26 Å². The minimum atomic E-state index is 0.593. The molecule has 0 amide bonds. The molecular weight excluding hydrogens is 246 g/mol. The lowest BCUT2D eigenvalue weighted by Gasteiger charge is -2.01. The number of aryl methyl sites for hydroxylation is 1. The van der Waals surface area contributed by atoms with Crippen LogP contribution in [0, 0.1) is 18.3 Å². The van der Waals surface area contributed by atoms with Crippen molar-refractivity contribution in [3.8, 4) is 6.07 Å². The van der Waals surface area contributed by atoms with Gasteiger partial charge in [0.15, 0.2) is 5.13 Å². The molecule has 0 bridgehead atoms. The van der Waals surface area contributed by atoms with Crippen LogP contribution < -0.4 is 5.32 Å². The molecule has 0 unspecified atom stereocenters. The Hall–Kier alpha value is -2.39. The van der Waals surface area contributed by atoms with E-state index in [1.54, 1.807) is 6.20 Å². The van der Waals surface area contributed by atoms with Crippen molar-refractivity contribution in [2.75, 3.05) is 5.32 Å². The number of nitrogens with one attached hydrogen (secondary N) is 2. The first-order valence-electron chi connectivity index (χ1n) is 5.34. The normalized spacial score (nSPS) is 10.4. The van der Waals surface area contributed by atoms with Crippen LogP contribution in [0.1, 0.15) is 10.7 Å². The summed E-state index contributed by atoms with van der Waals surface area (Å²) in [5.41, 5.74) is 2.84. The summed E-state index contributed by atoms with van der Waals surface area (Å²) in [6.45, 7) is 1.92. The van der Waals surface area contributed by atoms with Crippen molar-refractivity contribution >= 4 is 33.2 Å². The molecule has 3 aromatic rings. The number of benzene rings is 1. The first-order valence-corrected chi connectivity index (χ1v) is 6.15. The average Bonchev–Trinajstić information content (AvgIpc) is 2.94. The van der Waals surface area contributed by atoms with Crippen LogP contribution in [0.25, 0.3) is 11.0 Å². The first kappa shape index (κ1) is 10.7. The van der Waals surface area contributed by atoms with Gasteiger partial charge in [0.25, 0.3) is 0 Å². The lowest BCUT2D eigenvalue weighted by molar-refractivity contribution is 1.17. The summed E-state index contributed by atoms with van der Waals surface area (Å²) >= 11 is 1.33. The molecule has 6 heteroatoms. The van der Waals surface area contributed by atoms with Gasteiger partial charge in [-0.05, 0) is 25.1 Å². The number of hydrogen-bond acceptors (Lipinski definition) is 5. The lowest BCUT2D eigenvalue weighted by atomic mass is 10.3. The maximum Gasteiger partial charge on any atom is 0.188 e. The van der Waals surface area contributed by atoms with Gasteiger partial charge in [0.1, 0.15) is 16.8 Å². The number of H-pyrrole nitrogens is 1. The Bertz CT molecular complexity index is 749. The molecule has 0 fully saturated rings. The fourth-order valence-electron chi connectivity index (χ4n) is 1.72. The number of thiazole rings is 1. The van der Waals surface area contributed by atoms with Gasteiger partial charge in [-0.3, -0.25) is 0 Å². The minimum absolute atomic E-state index is 0.593. The van der Waals surface area contributed by atoms with Crippen LogP contribution in [0.4, 0.5) is 10.8 Å². The molecule has 0 saturated heterocycles. The van der Waals surface area contributed by atoms with Crippen molar-refractivity contribution in [1.29, 1.82) is 5.26 Å². The molecule has 1 aromatic carbocycles. The van der Waals surface area contributed by atoms with Gasteiger partial charge in [0.05, 0.1) is 17.2 Å². The molecule has 88 valence electrons. The van der Waals surface area contributed by atoms with Crippen molar-refractivity contribution in [3.05, 3.63) is 35.1 Å². The molecule has 2 aromatic heterocycles. The summed E-state index contributed by atoms with van der Waals surface area (Å²) in [5, 5.41) is 12.6. The summed E-state index contributed by atoms with van der Waals surface area (Å²) in [7, 11) is 0. The second-order valence-corrected chi connectivity index (χ2v) is 4.85. The van der Waals surface area contributed by atoms with Crippen molar-refractivity contribution in [2.45, 2.75) is 6.92 Å². The van der Waals surface area contributed by atoms with E-state index in [4.69, 9.17) is 5.26 Å². The molecular formula is C12H9N5S. The van der Waals surface area contributed by atoms with Crippen LogP contribution in [-0.2, 0) is 0 Å². The topological polar surface area (TPSA) is 77.4 Å². The summed E-state index contributed by atoms with van der Waals surface area (Å²) in [5.74, 6) is 0.892. The highest BCUT2D eigenvalue weighted by molar-refractivity contribution is 7.16. The zero-order chi connectivity index (χ0) is 12.5. The third-order valence-electron chi connectivity index (χ3n) is 2.47. The van der Waals surface area contributed by atoms with E-state index in [0.717, 1.165) is 22.5 Å². The molecule has 0 aliphatic heterocycles. The Morgan fingerprint density at radius 2 is 2.33 bits per heavy atom. The number of rotatable bonds is 2. The van der Waals surface area contributed by atoms with Gasteiger partial charge in [-0.1, -0.05) is 11.3 Å². The highest BCUT2D eigenvalue weighted by Gasteiger charge is 2.04. The summed E-state index contributed by atoms with van der Waals surface area (Å²) < 4.78 is 0. The quantitative estimate of drug-likeness (QED) is 0.738. The standard InChI is InChI=1S/C12H9N5S/c1-7-15-10-3-2-8(4-11(10)16-7)17-12-14-6-9(5-13)18-12/h2-4,6H,1H3,(H,14,17)(H,15,16). The van der Waals surface area contributed by atoms with Gasteiger partial charge >= 0.3 is 0 Å². The molecule has 0 saturated carbocycles. The largest absolute Gasteiger partial charge is 0.342 e. The number of aromatic amines is 1. The number of nitriles is 1. The van der Waals surface area contributed by atoms with Crippen LogP contribution in [-0.4, -0.2) is 15.0 Å². The number of hydrogen-bond donors (Lipinski definition) is 2. The lowest BCUT2D eigenvalue weighted by Crippen LogP contribution is -1.88. The molecule has 0 atom stereocenters. The second-order valence-electron chi connectivity index (χ2n) is 3.82. The van der Waals surface area contributed by atoms with Gasteiger partial charge in [0.2, 0.25) is 0 Å². The molecule has 2 N–H and O–H groups in total. The number of anilines is 2. The van der Waals surface area contributed by atoms with E-state index >= 15 is 0 Å². The monoisotopic (exact) mass is 255 g/mol. The molecule has 3 rings (SSSR count). The third kappa shape index (κ3) is 1.92. The maximum absolute atomic E-state index is 8.74. The highest BCUT2D eigenvalue weighted by atomic mass is 32.1. The van der Waals surface area contributed by atoms with Crippen LogP contribution in [0.2, 0.25) is 0 Å². The Balaban J connectivity index is 1.92. The number of aromatic nitrogens is 3. The van der Waals surface area contributed by atoms with E-state index in [-0.39, 0.29) is 0 Å². The fourth-order valence-corrected chi connectivity index (χ4v) is 2.36. The summed E-state index contributed by atoms with van der Waals surface area (Å²) in [6, 6.07) is 7.93. The SMILES string of the molecule is Cc1nc2ccc(Nc3ncc(C#N)s3)cc2[nH]1. The van der Waals surface area contributed by atoms with Crippen LogP contribution in [0.15, 0.2) is 24.4 Å². The van der Waals surface area contributed by atoms with Crippen molar-refractivity contribution in [2.24, 2.45) is 0 Å². The minimum Gasteiger partial charge on any atom is -0.342 e. The van der Waals surface area contributed by atoms with Crippen molar-refractivity contribution < 1.29 is 0 Å². The smallest absolute Gasteiger partial charge is 0.188 e. The van der Waals surface area contributed by atoms with Gasteiger partial charge in [-0.15, -0.1) is 0 Å². The van der Waals surface area contributed by atoms with Crippen molar-refractivity contribution in [1.82, 2.24) is 15.0 Å². The van der Waals surface area contributed by atoms with E-state index in [9.17, 15) is 0 Å². The average molecular weight is 255 g/mol. The molecule has 0 aliphatic carbocycles. The van der Waals surface area contributed by atoms with E-state index in [2.05, 4.69) is 26.3 Å². The zero-order valence-corrected chi connectivity index (χ0v) is 10.4. The third-order valence-corrected chi connectivity index (χ3v) is 3.28. The van der Waals surface area contributed by atoms with Gasteiger partial charge in [0, 0.05) is 5.69 Å². The second kappa shape index (κ2) is 4.13. The fraction of sp³-hybridized carbons (Fsp3) is 0.0833. The first-order chi connectivity index (χ1) is 8.74. The maximum atomic E-state index is 8.74.